The first-order valence-corrected chi connectivity index (χ1v) is 11.0. The molecule has 0 aliphatic carbocycles. The molecule has 5 nitrogen and oxygen atoms in total. The van der Waals surface area contributed by atoms with Gasteiger partial charge in [0.25, 0.3) is 5.56 Å². The minimum atomic E-state index is -0.418. The summed E-state index contributed by atoms with van der Waals surface area (Å²) in [5, 5.41) is 1.07. The number of thioether (sulfide) groups is 1. The number of aromatic nitrogens is 2. The van der Waals surface area contributed by atoms with Crippen LogP contribution in [0.1, 0.15) is 19.4 Å². The van der Waals surface area contributed by atoms with Gasteiger partial charge >= 0.3 is 0 Å². The molecule has 0 fully saturated rings. The minimum Gasteiger partial charge on any atom is -0.308 e. The fourth-order valence-electron chi connectivity index (χ4n) is 3.86. The van der Waals surface area contributed by atoms with Crippen molar-refractivity contribution in [3.05, 3.63) is 76.1 Å². The van der Waals surface area contributed by atoms with Crippen LogP contribution in [0, 0.1) is 0 Å². The first kappa shape index (κ1) is 20.7. The van der Waals surface area contributed by atoms with E-state index >= 15 is 0 Å². The smallest absolute Gasteiger partial charge is 0.262 e. The van der Waals surface area contributed by atoms with E-state index in [1.54, 1.807) is 28.8 Å². The number of para-hydroxylation sites is 1. The normalized spacial score (nSPS) is 16.5. The fraction of sp³-hybridized carbons (Fsp3) is 0.261. The molecule has 0 unspecified atom stereocenters. The number of carbonyl (C=O) groups is 1. The van der Waals surface area contributed by atoms with E-state index < -0.39 is 5.25 Å². The summed E-state index contributed by atoms with van der Waals surface area (Å²) < 4.78 is 1.55. The van der Waals surface area contributed by atoms with Gasteiger partial charge in [0.2, 0.25) is 5.91 Å². The zero-order chi connectivity index (χ0) is 21.4. The van der Waals surface area contributed by atoms with Crippen molar-refractivity contribution in [2.45, 2.75) is 43.3 Å². The standard InChI is InChI=1S/C23H22ClN3O2S/c1-4-11-26-22(29)18-10-9-17(24)13-19(18)25-23(26)30-15(3)21(28)27-14(2)12-16-7-5-6-8-20(16)27/h4-10,13-15H,1,11-12H2,2-3H3/t14-,15-/m1/s1. The van der Waals surface area contributed by atoms with Crippen LogP contribution >= 0.6 is 23.4 Å². The van der Waals surface area contributed by atoms with Gasteiger partial charge in [-0.15, -0.1) is 6.58 Å². The van der Waals surface area contributed by atoms with Gasteiger partial charge in [0.15, 0.2) is 5.16 Å². The number of hydrogen-bond donors (Lipinski definition) is 0. The summed E-state index contributed by atoms with van der Waals surface area (Å²) in [6, 6.07) is 13.1. The second-order valence-electron chi connectivity index (χ2n) is 7.41. The molecule has 0 saturated heterocycles. The van der Waals surface area contributed by atoms with Gasteiger partial charge in [0.1, 0.15) is 0 Å². The molecule has 1 aromatic heterocycles. The minimum absolute atomic E-state index is 0.00282. The van der Waals surface area contributed by atoms with E-state index in [9.17, 15) is 9.59 Å². The Kier molecular flexibility index (Phi) is 5.71. The average Bonchev–Trinajstić information content (AvgIpc) is 3.05. The molecule has 4 rings (SSSR count). The van der Waals surface area contributed by atoms with Crippen LogP contribution in [0.25, 0.3) is 10.9 Å². The van der Waals surface area contributed by atoms with E-state index in [2.05, 4.69) is 24.6 Å². The van der Waals surface area contributed by atoms with Crippen molar-refractivity contribution in [3.63, 3.8) is 0 Å². The number of nitrogens with zero attached hydrogens (tertiary/aromatic N) is 3. The zero-order valence-corrected chi connectivity index (χ0v) is 18.4. The first-order valence-electron chi connectivity index (χ1n) is 9.79. The molecule has 0 bridgehead atoms. The summed E-state index contributed by atoms with van der Waals surface area (Å²) in [6.45, 7) is 7.98. The Hall–Kier alpha value is -2.57. The summed E-state index contributed by atoms with van der Waals surface area (Å²) in [6.07, 6.45) is 2.49. The van der Waals surface area contributed by atoms with Crippen LogP contribution in [0.3, 0.4) is 0 Å². The Balaban J connectivity index is 1.69. The van der Waals surface area contributed by atoms with Gasteiger partial charge in [-0.3, -0.25) is 14.2 Å². The van der Waals surface area contributed by atoms with E-state index in [-0.39, 0.29) is 17.5 Å². The van der Waals surface area contributed by atoms with Crippen LogP contribution < -0.4 is 10.5 Å². The Bertz CT molecular complexity index is 1210. The molecule has 2 aromatic carbocycles. The molecule has 0 saturated carbocycles. The molecule has 0 radical (unpaired) electrons. The monoisotopic (exact) mass is 439 g/mol. The summed E-state index contributed by atoms with van der Waals surface area (Å²) in [4.78, 5) is 32.9. The number of anilines is 1. The highest BCUT2D eigenvalue weighted by Crippen LogP contribution is 2.34. The van der Waals surface area contributed by atoms with Crippen molar-refractivity contribution in [2.24, 2.45) is 0 Å². The van der Waals surface area contributed by atoms with Gasteiger partial charge in [-0.05, 0) is 50.1 Å². The zero-order valence-electron chi connectivity index (χ0n) is 16.8. The molecule has 0 N–H and O–H groups in total. The van der Waals surface area contributed by atoms with Crippen molar-refractivity contribution in [1.82, 2.24) is 9.55 Å². The molecular formula is C23H22ClN3O2S. The van der Waals surface area contributed by atoms with Crippen molar-refractivity contribution in [3.8, 4) is 0 Å². The molecule has 1 aliphatic rings. The molecule has 1 amide bonds. The number of fused-ring (bicyclic) bond motifs is 2. The molecule has 2 atom stereocenters. The quantitative estimate of drug-likeness (QED) is 0.328. The number of amides is 1. The largest absolute Gasteiger partial charge is 0.308 e. The van der Waals surface area contributed by atoms with E-state index in [0.717, 1.165) is 12.1 Å². The first-order chi connectivity index (χ1) is 14.4. The molecule has 2 heterocycles. The Labute approximate surface area is 184 Å². The highest BCUT2D eigenvalue weighted by Gasteiger charge is 2.34. The third-order valence-electron chi connectivity index (χ3n) is 5.27. The fourth-order valence-corrected chi connectivity index (χ4v) is 4.99. The van der Waals surface area contributed by atoms with Crippen molar-refractivity contribution in [1.29, 1.82) is 0 Å². The lowest BCUT2D eigenvalue weighted by molar-refractivity contribution is -0.118. The second kappa shape index (κ2) is 8.28. The number of hydrogen-bond acceptors (Lipinski definition) is 4. The predicted octanol–water partition coefficient (Wildman–Crippen LogP) is 4.69. The topological polar surface area (TPSA) is 55.2 Å². The van der Waals surface area contributed by atoms with Gasteiger partial charge in [-0.1, -0.05) is 47.6 Å². The van der Waals surface area contributed by atoms with Crippen LogP contribution in [0.2, 0.25) is 5.02 Å². The molecule has 30 heavy (non-hydrogen) atoms. The van der Waals surface area contributed by atoms with Gasteiger partial charge in [0.05, 0.1) is 16.2 Å². The number of rotatable bonds is 5. The van der Waals surface area contributed by atoms with E-state index in [4.69, 9.17) is 11.6 Å². The number of benzene rings is 2. The highest BCUT2D eigenvalue weighted by atomic mass is 35.5. The lowest BCUT2D eigenvalue weighted by Crippen LogP contribution is -2.40. The molecule has 154 valence electrons. The molecule has 7 heteroatoms. The van der Waals surface area contributed by atoms with Crippen molar-refractivity contribution in [2.75, 3.05) is 4.90 Å². The summed E-state index contributed by atoms with van der Waals surface area (Å²) in [7, 11) is 0. The van der Waals surface area contributed by atoms with Gasteiger partial charge in [-0.25, -0.2) is 4.98 Å². The van der Waals surface area contributed by atoms with Crippen molar-refractivity contribution < 1.29 is 4.79 Å². The number of carbonyl (C=O) groups excluding carboxylic acids is 1. The van der Waals surface area contributed by atoms with Crippen LogP contribution in [-0.2, 0) is 17.8 Å². The molecule has 3 aromatic rings. The second-order valence-corrected chi connectivity index (χ2v) is 9.15. The number of halogens is 1. The maximum absolute atomic E-state index is 13.3. The Morgan fingerprint density at radius 1 is 1.37 bits per heavy atom. The third kappa shape index (κ3) is 3.66. The van der Waals surface area contributed by atoms with Crippen molar-refractivity contribution >= 4 is 45.9 Å². The summed E-state index contributed by atoms with van der Waals surface area (Å²) >= 11 is 7.38. The van der Waals surface area contributed by atoms with E-state index in [1.165, 1.54) is 17.3 Å². The van der Waals surface area contributed by atoms with Gasteiger partial charge in [0, 0.05) is 23.3 Å². The van der Waals surface area contributed by atoms with E-state index in [1.807, 2.05) is 30.0 Å². The molecule has 0 spiro atoms. The lowest BCUT2D eigenvalue weighted by atomic mass is 10.1. The summed E-state index contributed by atoms with van der Waals surface area (Å²) in [5.74, 6) is 0.00282. The molecule has 1 aliphatic heterocycles. The summed E-state index contributed by atoms with van der Waals surface area (Å²) in [5.41, 5.74) is 2.50. The maximum atomic E-state index is 13.3. The van der Waals surface area contributed by atoms with Crippen LogP contribution in [0.4, 0.5) is 5.69 Å². The highest BCUT2D eigenvalue weighted by molar-refractivity contribution is 8.00. The van der Waals surface area contributed by atoms with Gasteiger partial charge in [-0.2, -0.15) is 0 Å². The molecular weight excluding hydrogens is 418 g/mol. The van der Waals surface area contributed by atoms with Crippen LogP contribution in [0.15, 0.2) is 65.1 Å². The average molecular weight is 440 g/mol. The Morgan fingerprint density at radius 2 is 2.13 bits per heavy atom. The third-order valence-corrected chi connectivity index (χ3v) is 6.58. The van der Waals surface area contributed by atoms with Crippen LogP contribution in [0.5, 0.6) is 0 Å². The SMILES string of the molecule is C=CCn1c(S[C@H](C)C(=O)N2c3ccccc3C[C@H]2C)nc2cc(Cl)ccc2c1=O. The van der Waals surface area contributed by atoms with Crippen LogP contribution in [-0.4, -0.2) is 26.8 Å². The Morgan fingerprint density at radius 3 is 2.90 bits per heavy atom. The van der Waals surface area contributed by atoms with Gasteiger partial charge < -0.3 is 4.90 Å². The van der Waals surface area contributed by atoms with E-state index in [0.29, 0.717) is 27.6 Å². The lowest BCUT2D eigenvalue weighted by Gasteiger charge is -2.26. The predicted molar refractivity (Wildman–Crippen MR) is 124 cm³/mol. The maximum Gasteiger partial charge on any atom is 0.262 e. The number of allylic oxidation sites excluding steroid dienone is 1.